The maximum absolute atomic E-state index is 8.52. The van der Waals surface area contributed by atoms with E-state index in [0.717, 1.165) is 0 Å². The average Bonchev–Trinajstić information content (AvgIpc) is 0.722. The van der Waals surface area contributed by atoms with E-state index in [1.165, 1.54) is 0 Å². The van der Waals surface area contributed by atoms with Gasteiger partial charge in [-0.05, 0) is 0 Å². The quantitative estimate of drug-likeness (QED) is 0.247. The summed E-state index contributed by atoms with van der Waals surface area (Å²) in [7, 11) is -5.17. The largest absolute Gasteiger partial charge is 2.00 e. The van der Waals surface area contributed by atoms with Crippen molar-refractivity contribution in [3.05, 3.63) is 0 Å². The Hall–Kier alpha value is 2.39. The molecule has 0 aliphatic heterocycles. The van der Waals surface area contributed by atoms with Crippen LogP contribution in [0.4, 0.5) is 0 Å². The zero-order chi connectivity index (χ0) is 4.50. The second-order valence-electron chi connectivity index (χ2n) is 0.408. The van der Waals surface area contributed by atoms with E-state index in [9.17, 15) is 0 Å². The first kappa shape index (κ1) is 16.2. The molecule has 0 radical (unpaired) electrons. The van der Waals surface area contributed by atoms with Crippen molar-refractivity contribution in [3.63, 3.8) is 0 Å². The summed E-state index contributed by atoms with van der Waals surface area (Å²) in [5.74, 6) is 0. The number of hydrogen-bond donors (Lipinski definition) is 0. The average molecular weight is 178 g/mol. The van der Waals surface area contributed by atoms with E-state index in [2.05, 4.69) is 0 Å². The Balaban J connectivity index is -0.0000000133. The molecule has 0 unspecified atom stereocenters. The molecule has 0 fully saturated rings. The molecule has 0 atom stereocenters. The second kappa shape index (κ2) is 6.51. The monoisotopic (exact) mass is 178 g/mol. The van der Waals surface area contributed by atoms with Gasteiger partial charge >= 0.3 is 75.5 Å². The second-order valence-corrected chi connectivity index (χ2v) is 1.22. The van der Waals surface area contributed by atoms with E-state index >= 15 is 0 Å². The van der Waals surface area contributed by atoms with Crippen LogP contribution in [0, 0.1) is 0 Å². The van der Waals surface area contributed by atoms with Gasteiger partial charge in [-0.25, -0.2) is 0 Å². The van der Waals surface area contributed by atoms with Gasteiger partial charge in [-0.1, -0.05) is 0 Å². The van der Waals surface area contributed by atoms with Crippen molar-refractivity contribution in [1.82, 2.24) is 0 Å². The number of rotatable bonds is 0. The molecule has 0 heterocycles. The summed E-state index contributed by atoms with van der Waals surface area (Å²) in [4.78, 5) is 0. The number of hydrogen-bond acceptors (Lipinski definition) is 4. The van der Waals surface area contributed by atoms with Gasteiger partial charge < -0.3 is 12.0 Å². The SMILES string of the molecule is O=S(=O)([O-])[O-].[Ca+2].[Ca+2].[H-].[H-]. The summed E-state index contributed by atoms with van der Waals surface area (Å²) in [5.41, 5.74) is 0. The van der Waals surface area contributed by atoms with E-state index in [0.29, 0.717) is 0 Å². The third-order valence-corrected chi connectivity index (χ3v) is 0. The van der Waals surface area contributed by atoms with Crippen LogP contribution in [0.1, 0.15) is 2.85 Å². The minimum atomic E-state index is -5.17. The Morgan fingerprint density at radius 3 is 1.14 bits per heavy atom. The molecule has 0 rings (SSSR count). The predicted molar refractivity (Wildman–Crippen MR) is 24.2 cm³/mol. The van der Waals surface area contributed by atoms with Crippen molar-refractivity contribution >= 4 is 85.9 Å². The minimum Gasteiger partial charge on any atom is -1.00 e. The first-order valence-electron chi connectivity index (χ1n) is 0.667. The molecule has 0 saturated carbocycles. The van der Waals surface area contributed by atoms with Gasteiger partial charge in [0.25, 0.3) is 0 Å². The van der Waals surface area contributed by atoms with E-state index < -0.39 is 10.4 Å². The van der Waals surface area contributed by atoms with E-state index in [4.69, 9.17) is 17.5 Å². The van der Waals surface area contributed by atoms with Gasteiger partial charge in [0.2, 0.25) is 0 Å². The van der Waals surface area contributed by atoms with Crippen molar-refractivity contribution in [2.45, 2.75) is 0 Å². The fourth-order valence-corrected chi connectivity index (χ4v) is 0. The third-order valence-electron chi connectivity index (χ3n) is 0. The van der Waals surface area contributed by atoms with E-state index in [1.54, 1.807) is 0 Å². The minimum absolute atomic E-state index is 0. The first-order valence-corrected chi connectivity index (χ1v) is 2.00. The van der Waals surface area contributed by atoms with Crippen LogP contribution < -0.4 is 0 Å². The van der Waals surface area contributed by atoms with Crippen LogP contribution in [0.5, 0.6) is 0 Å². The van der Waals surface area contributed by atoms with Crippen molar-refractivity contribution in [2.75, 3.05) is 0 Å². The molecular formula is H2Ca2O4S. The topological polar surface area (TPSA) is 80.3 Å². The Morgan fingerprint density at radius 1 is 1.14 bits per heavy atom. The molecule has 0 amide bonds. The summed E-state index contributed by atoms with van der Waals surface area (Å²) in [6.07, 6.45) is 0. The maximum Gasteiger partial charge on any atom is 2.00 e. The molecule has 0 N–H and O–H groups in total. The van der Waals surface area contributed by atoms with Crippen molar-refractivity contribution in [1.29, 1.82) is 0 Å². The van der Waals surface area contributed by atoms with Gasteiger partial charge in [-0.3, -0.25) is 8.42 Å². The molecule has 7 heteroatoms. The van der Waals surface area contributed by atoms with Crippen LogP contribution >= 0.6 is 0 Å². The Bertz CT molecular complexity index is 99.7. The smallest absolute Gasteiger partial charge is 1.00 e. The Labute approximate surface area is 104 Å². The Morgan fingerprint density at radius 2 is 1.14 bits per heavy atom. The first-order chi connectivity index (χ1) is 2.00. The zero-order valence-corrected chi connectivity index (χ0v) is 8.69. The van der Waals surface area contributed by atoms with Gasteiger partial charge in [0.15, 0.2) is 0 Å². The summed E-state index contributed by atoms with van der Waals surface area (Å²) in [6.45, 7) is 0. The van der Waals surface area contributed by atoms with Gasteiger partial charge in [-0.15, -0.1) is 0 Å². The molecule has 0 aliphatic rings. The summed E-state index contributed by atoms with van der Waals surface area (Å²) in [6, 6.07) is 0. The summed E-state index contributed by atoms with van der Waals surface area (Å²) in [5, 5.41) is 0. The van der Waals surface area contributed by atoms with Gasteiger partial charge in [-0.2, -0.15) is 0 Å². The molecule has 0 saturated heterocycles. The molecule has 7 heavy (non-hydrogen) atoms. The van der Waals surface area contributed by atoms with Crippen LogP contribution in [0.15, 0.2) is 0 Å². The third kappa shape index (κ3) is 60.0. The summed E-state index contributed by atoms with van der Waals surface area (Å²) >= 11 is 0. The van der Waals surface area contributed by atoms with Gasteiger partial charge in [0.05, 0.1) is 0 Å². The van der Waals surface area contributed by atoms with Crippen LogP contribution in [0.25, 0.3) is 0 Å². The fourth-order valence-electron chi connectivity index (χ4n) is 0. The van der Waals surface area contributed by atoms with Crippen molar-refractivity contribution in [2.24, 2.45) is 0 Å². The summed E-state index contributed by atoms with van der Waals surface area (Å²) < 4.78 is 34.1. The van der Waals surface area contributed by atoms with Crippen LogP contribution in [0.3, 0.4) is 0 Å². The van der Waals surface area contributed by atoms with E-state index in [1.807, 2.05) is 0 Å². The Kier molecular flexibility index (Phi) is 15.1. The van der Waals surface area contributed by atoms with Crippen LogP contribution in [0.2, 0.25) is 0 Å². The van der Waals surface area contributed by atoms with Crippen molar-refractivity contribution < 1.29 is 20.4 Å². The molecular weight excluding hydrogens is 176 g/mol. The molecule has 0 aromatic rings. The standard InChI is InChI=1S/2Ca.H2O4S.2H/c;;1-5(2,3)4;;/h;;(H2,1,2,3,4);;/q2*+2;;2*-1/p-2. The molecule has 4 nitrogen and oxygen atoms in total. The van der Waals surface area contributed by atoms with Gasteiger partial charge in [0, 0.05) is 10.4 Å². The van der Waals surface area contributed by atoms with E-state index in [-0.39, 0.29) is 78.3 Å². The molecule has 0 aliphatic carbocycles. The fraction of sp³-hybridized carbons (Fsp3) is 0. The van der Waals surface area contributed by atoms with Crippen LogP contribution in [-0.2, 0) is 10.4 Å². The molecule has 0 aromatic heterocycles. The molecule has 36 valence electrons. The van der Waals surface area contributed by atoms with Gasteiger partial charge in [0.1, 0.15) is 0 Å². The molecule has 0 bridgehead atoms. The molecule has 0 aromatic carbocycles. The normalized spacial score (nSPS) is 8.29. The predicted octanol–water partition coefficient (Wildman–Crippen LogP) is -1.87. The zero-order valence-electron chi connectivity index (χ0n) is 5.46. The van der Waals surface area contributed by atoms with Crippen molar-refractivity contribution in [3.8, 4) is 0 Å². The maximum atomic E-state index is 8.52. The molecule has 0 spiro atoms. The van der Waals surface area contributed by atoms with Crippen LogP contribution in [-0.4, -0.2) is 93.0 Å².